The molecule has 78 valence electrons. The van der Waals surface area contributed by atoms with Gasteiger partial charge < -0.3 is 0 Å². The fourth-order valence-electron chi connectivity index (χ4n) is 1.21. The van der Waals surface area contributed by atoms with Gasteiger partial charge in [0.05, 0.1) is 0 Å². The summed E-state index contributed by atoms with van der Waals surface area (Å²) in [4.78, 5) is 1.36. The van der Waals surface area contributed by atoms with Gasteiger partial charge in [-0.3, -0.25) is 0 Å². The molecule has 0 amide bonds. The first kappa shape index (κ1) is 12.1. The fraction of sp³-hybridized carbons (Fsp3) is 0.500. The van der Waals surface area contributed by atoms with E-state index in [1.807, 2.05) is 11.8 Å². The Balaban J connectivity index is 2.69. The van der Waals surface area contributed by atoms with Gasteiger partial charge in [-0.2, -0.15) is 0 Å². The molecule has 0 bridgehead atoms. The summed E-state index contributed by atoms with van der Waals surface area (Å²) in [5, 5.41) is 1.05. The zero-order valence-corrected chi connectivity index (χ0v) is 11.4. The van der Waals surface area contributed by atoms with Gasteiger partial charge in [0.15, 0.2) is 0 Å². The summed E-state index contributed by atoms with van der Waals surface area (Å²) in [7, 11) is 0. The number of alkyl halides is 1. The standard InChI is InChI=1S/C12H17BrS/c1-12(2,3)10-4-6-11(7-5-10)14-9-8-13/h4-7H,8-9H2,1-3H3. The second-order valence-corrected chi connectivity index (χ2v) is 6.27. The van der Waals surface area contributed by atoms with Gasteiger partial charge in [0.25, 0.3) is 0 Å². The first-order valence-corrected chi connectivity index (χ1v) is 6.94. The van der Waals surface area contributed by atoms with Crippen LogP contribution in [-0.4, -0.2) is 11.1 Å². The highest BCUT2D eigenvalue weighted by molar-refractivity contribution is 9.09. The zero-order chi connectivity index (χ0) is 10.6. The van der Waals surface area contributed by atoms with E-state index in [9.17, 15) is 0 Å². The van der Waals surface area contributed by atoms with Crippen LogP contribution in [0.5, 0.6) is 0 Å². The van der Waals surface area contributed by atoms with Crippen LogP contribution in [0, 0.1) is 0 Å². The maximum absolute atomic E-state index is 3.43. The summed E-state index contributed by atoms with van der Waals surface area (Å²) in [5.74, 6) is 1.13. The number of rotatable bonds is 3. The van der Waals surface area contributed by atoms with Crippen LogP contribution in [0.4, 0.5) is 0 Å². The molecule has 0 spiro atoms. The topological polar surface area (TPSA) is 0 Å². The molecule has 0 unspecified atom stereocenters. The minimum atomic E-state index is 0.263. The van der Waals surface area contributed by atoms with Crippen molar-refractivity contribution in [2.24, 2.45) is 0 Å². The Morgan fingerprint density at radius 3 is 2.14 bits per heavy atom. The summed E-state index contributed by atoms with van der Waals surface area (Å²) in [6.07, 6.45) is 0. The largest absolute Gasteiger partial charge is 0.125 e. The van der Waals surface area contributed by atoms with E-state index in [2.05, 4.69) is 61.0 Å². The normalized spacial score (nSPS) is 11.7. The van der Waals surface area contributed by atoms with Crippen LogP contribution in [0.25, 0.3) is 0 Å². The molecule has 0 aliphatic rings. The molecule has 2 heteroatoms. The average molecular weight is 273 g/mol. The third-order valence-corrected chi connectivity index (χ3v) is 4.00. The van der Waals surface area contributed by atoms with Crippen molar-refractivity contribution in [2.45, 2.75) is 31.1 Å². The molecule has 0 saturated carbocycles. The van der Waals surface area contributed by atoms with E-state index in [-0.39, 0.29) is 5.41 Å². The van der Waals surface area contributed by atoms with Crippen LogP contribution in [0.3, 0.4) is 0 Å². The number of hydrogen-bond donors (Lipinski definition) is 0. The van der Waals surface area contributed by atoms with Gasteiger partial charge in [-0.25, -0.2) is 0 Å². The number of halogens is 1. The molecule has 14 heavy (non-hydrogen) atoms. The molecule has 1 aromatic carbocycles. The monoisotopic (exact) mass is 272 g/mol. The van der Waals surface area contributed by atoms with Crippen molar-refractivity contribution in [2.75, 3.05) is 11.1 Å². The first-order valence-electron chi connectivity index (χ1n) is 4.83. The lowest BCUT2D eigenvalue weighted by molar-refractivity contribution is 0.590. The molecule has 0 nitrogen and oxygen atoms in total. The molecule has 0 N–H and O–H groups in total. The summed E-state index contributed by atoms with van der Waals surface area (Å²) in [5.41, 5.74) is 1.67. The van der Waals surface area contributed by atoms with Crippen molar-refractivity contribution in [3.8, 4) is 0 Å². The average Bonchev–Trinajstić information content (AvgIpc) is 2.14. The lowest BCUT2D eigenvalue weighted by atomic mass is 9.87. The smallest absolute Gasteiger partial charge is 0.0126 e. The zero-order valence-electron chi connectivity index (χ0n) is 9.01. The van der Waals surface area contributed by atoms with Gasteiger partial charge in [-0.05, 0) is 23.1 Å². The van der Waals surface area contributed by atoms with Gasteiger partial charge in [0, 0.05) is 16.0 Å². The van der Waals surface area contributed by atoms with E-state index in [1.54, 1.807) is 0 Å². The minimum Gasteiger partial charge on any atom is -0.125 e. The lowest BCUT2D eigenvalue weighted by Crippen LogP contribution is -2.10. The van der Waals surface area contributed by atoms with Crippen molar-refractivity contribution >= 4 is 27.7 Å². The summed E-state index contributed by atoms with van der Waals surface area (Å²) >= 11 is 5.33. The van der Waals surface area contributed by atoms with Crippen LogP contribution in [-0.2, 0) is 5.41 Å². The Labute approximate surface area is 99.6 Å². The Morgan fingerprint density at radius 2 is 1.71 bits per heavy atom. The highest BCUT2D eigenvalue weighted by Crippen LogP contribution is 2.25. The Hall–Kier alpha value is 0.0500. The SMILES string of the molecule is CC(C)(C)c1ccc(SCCBr)cc1. The lowest BCUT2D eigenvalue weighted by Gasteiger charge is -2.18. The van der Waals surface area contributed by atoms with Crippen molar-refractivity contribution in [3.63, 3.8) is 0 Å². The highest BCUT2D eigenvalue weighted by Gasteiger charge is 2.12. The van der Waals surface area contributed by atoms with Gasteiger partial charge in [0.1, 0.15) is 0 Å². The quantitative estimate of drug-likeness (QED) is 0.578. The summed E-state index contributed by atoms with van der Waals surface area (Å²) in [6.45, 7) is 6.73. The molecular weight excluding hydrogens is 256 g/mol. The molecule has 1 rings (SSSR count). The number of hydrogen-bond acceptors (Lipinski definition) is 1. The Bertz CT molecular complexity index is 271. The van der Waals surface area contributed by atoms with Crippen LogP contribution in [0.1, 0.15) is 26.3 Å². The van der Waals surface area contributed by atoms with Crippen LogP contribution in [0.15, 0.2) is 29.2 Å². The molecule has 0 aliphatic heterocycles. The second kappa shape index (κ2) is 5.22. The van der Waals surface area contributed by atoms with Crippen molar-refractivity contribution in [1.29, 1.82) is 0 Å². The van der Waals surface area contributed by atoms with Gasteiger partial charge in [0.2, 0.25) is 0 Å². The highest BCUT2D eigenvalue weighted by atomic mass is 79.9. The molecule has 0 aromatic heterocycles. The third-order valence-electron chi connectivity index (χ3n) is 2.07. The second-order valence-electron chi connectivity index (χ2n) is 4.31. The maximum atomic E-state index is 3.43. The van der Waals surface area contributed by atoms with Crippen LogP contribution >= 0.6 is 27.7 Å². The molecule has 0 heterocycles. The van der Waals surface area contributed by atoms with E-state index in [4.69, 9.17) is 0 Å². The van der Waals surface area contributed by atoms with Gasteiger partial charge in [-0.1, -0.05) is 48.8 Å². The maximum Gasteiger partial charge on any atom is 0.0126 e. The Morgan fingerprint density at radius 1 is 1.14 bits per heavy atom. The predicted molar refractivity (Wildman–Crippen MR) is 69.7 cm³/mol. The van der Waals surface area contributed by atoms with Crippen molar-refractivity contribution < 1.29 is 0 Å². The summed E-state index contributed by atoms with van der Waals surface area (Å²) < 4.78 is 0. The molecule has 0 fully saturated rings. The van der Waals surface area contributed by atoms with E-state index >= 15 is 0 Å². The van der Waals surface area contributed by atoms with E-state index < -0.39 is 0 Å². The van der Waals surface area contributed by atoms with E-state index in [0.717, 1.165) is 11.1 Å². The van der Waals surface area contributed by atoms with Gasteiger partial charge >= 0.3 is 0 Å². The number of benzene rings is 1. The number of thioether (sulfide) groups is 1. The van der Waals surface area contributed by atoms with Crippen molar-refractivity contribution in [1.82, 2.24) is 0 Å². The van der Waals surface area contributed by atoms with Crippen LogP contribution < -0.4 is 0 Å². The molecule has 1 aromatic rings. The predicted octanol–water partition coefficient (Wildman–Crippen LogP) is 4.47. The van der Waals surface area contributed by atoms with E-state index in [0.29, 0.717) is 0 Å². The first-order chi connectivity index (χ1) is 6.54. The third kappa shape index (κ3) is 3.66. The molecule has 0 aliphatic carbocycles. The summed E-state index contributed by atoms with van der Waals surface area (Å²) in [6, 6.07) is 8.90. The Kier molecular flexibility index (Phi) is 4.52. The molecule has 0 saturated heterocycles. The molecule has 0 radical (unpaired) electrons. The van der Waals surface area contributed by atoms with Crippen LogP contribution in [0.2, 0.25) is 0 Å². The fourth-order valence-corrected chi connectivity index (χ4v) is 2.33. The van der Waals surface area contributed by atoms with Crippen molar-refractivity contribution in [3.05, 3.63) is 29.8 Å². The minimum absolute atomic E-state index is 0.263. The molecule has 0 atom stereocenters. The molecular formula is C12H17BrS. The van der Waals surface area contributed by atoms with E-state index in [1.165, 1.54) is 10.5 Å². The van der Waals surface area contributed by atoms with Gasteiger partial charge in [-0.15, -0.1) is 11.8 Å².